The first-order chi connectivity index (χ1) is 26.9. The predicted molar refractivity (Wildman–Crippen MR) is 214 cm³/mol. The molecule has 302 valence electrons. The van der Waals surface area contributed by atoms with E-state index in [9.17, 15) is 24.0 Å². The molecule has 2 atom stereocenters. The zero-order valence-electron chi connectivity index (χ0n) is 32.3. The van der Waals surface area contributed by atoms with Crippen molar-refractivity contribution in [3.63, 3.8) is 0 Å². The predicted octanol–water partition coefficient (Wildman–Crippen LogP) is 5.66. The molecule has 2 aliphatic rings. The van der Waals surface area contributed by atoms with Gasteiger partial charge in [0.05, 0.1) is 7.11 Å². The fourth-order valence-electron chi connectivity index (χ4n) is 5.04. The molecule has 3 aromatic rings. The van der Waals surface area contributed by atoms with E-state index in [0.29, 0.717) is 28.4 Å². The van der Waals surface area contributed by atoms with Crippen LogP contribution in [0.15, 0.2) is 87.8 Å². The van der Waals surface area contributed by atoms with Gasteiger partial charge >= 0.3 is 18.0 Å². The zero-order valence-corrected chi connectivity index (χ0v) is 34.7. The van der Waals surface area contributed by atoms with E-state index in [1.807, 2.05) is 12.1 Å². The number of nitrogens with one attached hydrogen (secondary N) is 2. The quantitative estimate of drug-likeness (QED) is 0.0295. The number of thioether (sulfide) groups is 2. The van der Waals surface area contributed by atoms with Crippen molar-refractivity contribution in [2.45, 2.75) is 75.7 Å². The Balaban J connectivity index is 1.37. The molecule has 57 heavy (non-hydrogen) atoms. The number of ether oxygens (including phenoxy) is 4. The van der Waals surface area contributed by atoms with Gasteiger partial charge in [0.2, 0.25) is 5.76 Å². The molecule has 5 rings (SSSR count). The molecule has 3 amide bonds. The summed E-state index contributed by atoms with van der Waals surface area (Å²) >= 11 is 3.81. The number of esters is 2. The van der Waals surface area contributed by atoms with Gasteiger partial charge in [0, 0.05) is 34.2 Å². The lowest BCUT2D eigenvalue weighted by molar-refractivity contribution is -0.154. The lowest BCUT2D eigenvalue weighted by Crippen LogP contribution is -2.71. The van der Waals surface area contributed by atoms with Crippen LogP contribution in [0.1, 0.15) is 52.8 Å². The molecular weight excluding hydrogens is 797 g/mol. The first-order valence-electron chi connectivity index (χ1n) is 17.4. The largest absolute Gasteiger partial charge is 0.497 e. The molecule has 2 aromatic heterocycles. The maximum Gasteiger partial charge on any atom is 0.413 e. The highest BCUT2D eigenvalue weighted by atomic mass is 32.2. The lowest BCUT2D eigenvalue weighted by Gasteiger charge is -2.49. The fraction of sp³-hybridized carbons (Fsp3) is 0.368. The Hall–Kier alpha value is -5.40. The van der Waals surface area contributed by atoms with E-state index in [1.165, 1.54) is 33.8 Å². The highest BCUT2D eigenvalue weighted by Gasteiger charge is 2.54. The summed E-state index contributed by atoms with van der Waals surface area (Å²) in [6.07, 6.45) is 2.55. The van der Waals surface area contributed by atoms with Crippen LogP contribution in [0.4, 0.5) is 9.93 Å². The molecule has 0 radical (unpaired) electrons. The van der Waals surface area contributed by atoms with E-state index in [2.05, 4.69) is 32.3 Å². The molecule has 4 heterocycles. The van der Waals surface area contributed by atoms with Crippen LogP contribution < -0.4 is 15.4 Å². The number of aromatic nitrogens is 2. The van der Waals surface area contributed by atoms with Gasteiger partial charge in [-0.25, -0.2) is 19.4 Å². The zero-order chi connectivity index (χ0) is 41.5. The summed E-state index contributed by atoms with van der Waals surface area (Å²) in [6, 6.07) is 9.62. The van der Waals surface area contributed by atoms with Crippen molar-refractivity contribution in [3.8, 4) is 5.75 Å². The maximum absolute atomic E-state index is 13.9. The van der Waals surface area contributed by atoms with E-state index in [0.717, 1.165) is 16.2 Å². The minimum Gasteiger partial charge on any atom is -0.497 e. The number of thiazole rings is 1. The number of rotatable bonds is 14. The Morgan fingerprint density at radius 1 is 1.02 bits per heavy atom. The standard InChI is InChI=1S/C38H42N6O10S3/c1-21(33(47)52-37(2,3)4)54-43-27(26-20-57-35(40-26)42-36(49)53-38(5,6)7)30(45)41-28-31(46)44-29(34(48)51-17-22-9-11-24(50-8)12-10-22)23(19-56-32(28)44)18-55-25-13-15-39-16-14-25/h9-16,20,28,32H,1,17-19H2,2-8H3,(H,41,45)(H,40,42,49)/t28-,32-/m1/s1. The number of benzene rings is 1. The number of hydrogen-bond acceptors (Lipinski definition) is 16. The van der Waals surface area contributed by atoms with E-state index in [4.69, 9.17) is 23.8 Å². The Bertz CT molecular complexity index is 2070. The number of carbonyl (C=O) groups excluding carboxylic acids is 5. The second-order valence-electron chi connectivity index (χ2n) is 14.3. The molecule has 0 unspecified atom stereocenters. The van der Waals surface area contributed by atoms with E-state index in [1.54, 1.807) is 85.3 Å². The summed E-state index contributed by atoms with van der Waals surface area (Å²) in [6.45, 7) is 13.6. The minimum atomic E-state index is -1.10. The smallest absolute Gasteiger partial charge is 0.413 e. The van der Waals surface area contributed by atoms with Crippen LogP contribution in [0.2, 0.25) is 0 Å². The minimum absolute atomic E-state index is 0.0517. The molecule has 16 nitrogen and oxygen atoms in total. The van der Waals surface area contributed by atoms with E-state index >= 15 is 0 Å². The van der Waals surface area contributed by atoms with Gasteiger partial charge < -0.3 is 29.1 Å². The van der Waals surface area contributed by atoms with Crippen LogP contribution in [-0.2, 0) is 44.8 Å². The van der Waals surface area contributed by atoms with Gasteiger partial charge in [-0.15, -0.1) is 34.9 Å². The topological polar surface area (TPSA) is 197 Å². The van der Waals surface area contributed by atoms with Crippen LogP contribution in [0.5, 0.6) is 5.75 Å². The number of anilines is 1. The number of oxime groups is 1. The number of hydrogen-bond donors (Lipinski definition) is 2. The molecule has 0 bridgehead atoms. The number of amides is 3. The first-order valence-corrected chi connectivity index (χ1v) is 20.3. The molecule has 1 saturated heterocycles. The van der Waals surface area contributed by atoms with Crippen LogP contribution in [0.25, 0.3) is 0 Å². The molecule has 2 N–H and O–H groups in total. The highest BCUT2D eigenvalue weighted by Crippen LogP contribution is 2.42. The summed E-state index contributed by atoms with van der Waals surface area (Å²) in [5, 5.41) is 9.87. The van der Waals surface area contributed by atoms with Crippen LogP contribution in [0.3, 0.4) is 0 Å². The summed E-state index contributed by atoms with van der Waals surface area (Å²) in [5.74, 6) is -2.20. The van der Waals surface area contributed by atoms with Crippen molar-refractivity contribution >= 4 is 75.6 Å². The summed E-state index contributed by atoms with van der Waals surface area (Å²) < 4.78 is 21.5. The second-order valence-corrected chi connectivity index (χ2v) is 17.3. The van der Waals surface area contributed by atoms with Crippen LogP contribution in [-0.4, -0.2) is 91.7 Å². The molecule has 0 aliphatic carbocycles. The third-order valence-electron chi connectivity index (χ3n) is 7.56. The summed E-state index contributed by atoms with van der Waals surface area (Å²) in [4.78, 5) is 82.4. The number of β-lactam (4-membered cyclic amide) rings is 1. The van der Waals surface area contributed by atoms with Crippen molar-refractivity contribution in [3.05, 3.63) is 89.0 Å². The second kappa shape index (κ2) is 18.2. The lowest BCUT2D eigenvalue weighted by atomic mass is 10.0. The van der Waals surface area contributed by atoms with Crippen LogP contribution >= 0.6 is 34.9 Å². The normalized spacial score (nSPS) is 16.8. The van der Waals surface area contributed by atoms with Gasteiger partial charge in [-0.05, 0) is 83.5 Å². The number of methoxy groups -OCH3 is 1. The monoisotopic (exact) mass is 838 g/mol. The summed E-state index contributed by atoms with van der Waals surface area (Å²) in [5.41, 5.74) is -0.649. The third-order valence-corrected chi connectivity index (χ3v) is 10.8. The van der Waals surface area contributed by atoms with Crippen molar-refractivity contribution in [2.75, 3.05) is 23.9 Å². The maximum atomic E-state index is 13.9. The van der Waals surface area contributed by atoms with Gasteiger partial charge in [0.1, 0.15) is 46.4 Å². The Morgan fingerprint density at radius 2 is 1.70 bits per heavy atom. The molecule has 0 saturated carbocycles. The SMILES string of the molecule is C=C(ON=C(C(=O)N[C@@H]1C(=O)N2C(C(=O)OCc3ccc(OC)cc3)=C(CSc3ccncc3)CS[C@H]12)c1csc(NC(=O)OC(C)(C)C)n1)C(=O)OC(C)(C)C. The van der Waals surface area contributed by atoms with Gasteiger partial charge in [0.15, 0.2) is 10.8 Å². The average molecular weight is 839 g/mol. The highest BCUT2D eigenvalue weighted by molar-refractivity contribution is 8.01. The number of carbonyl (C=O) groups is 5. The van der Waals surface area contributed by atoms with Gasteiger partial charge in [-0.1, -0.05) is 17.3 Å². The molecule has 0 spiro atoms. The van der Waals surface area contributed by atoms with Gasteiger partial charge in [-0.3, -0.25) is 24.8 Å². The Labute approximate surface area is 341 Å². The van der Waals surface area contributed by atoms with Crippen molar-refractivity contribution < 1.29 is 47.8 Å². The van der Waals surface area contributed by atoms with E-state index in [-0.39, 0.29) is 23.1 Å². The number of pyridine rings is 1. The molecule has 19 heteroatoms. The van der Waals surface area contributed by atoms with Crippen molar-refractivity contribution in [1.82, 2.24) is 20.2 Å². The first kappa shape index (κ1) is 42.7. The number of nitrogens with zero attached hydrogens (tertiary/aromatic N) is 4. The average Bonchev–Trinajstić information content (AvgIpc) is 3.61. The van der Waals surface area contributed by atoms with Gasteiger partial charge in [0.25, 0.3) is 11.8 Å². The summed E-state index contributed by atoms with van der Waals surface area (Å²) in [7, 11) is 1.55. The Morgan fingerprint density at radius 3 is 2.35 bits per heavy atom. The third kappa shape index (κ3) is 11.6. The van der Waals surface area contributed by atoms with Crippen molar-refractivity contribution in [2.24, 2.45) is 5.16 Å². The fourth-order valence-corrected chi connectivity index (χ4v) is 8.09. The van der Waals surface area contributed by atoms with Gasteiger partial charge in [-0.2, -0.15) is 0 Å². The number of fused-ring (bicyclic) bond motifs is 1. The van der Waals surface area contributed by atoms with Crippen molar-refractivity contribution in [1.29, 1.82) is 0 Å². The van der Waals surface area contributed by atoms with Crippen LogP contribution in [0, 0.1) is 0 Å². The van der Waals surface area contributed by atoms with E-state index < -0.39 is 63.9 Å². The Kier molecular flexibility index (Phi) is 13.7. The molecule has 2 aliphatic heterocycles. The molecule has 1 fully saturated rings. The molecule has 1 aromatic carbocycles. The molecular formula is C38H42N6O10S3.